The van der Waals surface area contributed by atoms with Gasteiger partial charge in [0, 0.05) is 13.7 Å². The predicted octanol–water partition coefficient (Wildman–Crippen LogP) is 0.972. The number of likely N-dealkylation sites (tertiary alicyclic amines) is 1. The number of methoxy groups -OCH3 is 1. The summed E-state index contributed by atoms with van der Waals surface area (Å²) in [6.07, 6.45) is -0.473. The van der Waals surface area contributed by atoms with Gasteiger partial charge in [0.15, 0.2) is 0 Å². The molecule has 0 aromatic carbocycles. The molecular formula is C7H13F2NO. The summed E-state index contributed by atoms with van der Waals surface area (Å²) in [5.41, 5.74) is 0. The molecule has 1 heterocycles. The fourth-order valence-electron chi connectivity index (χ4n) is 1.38. The van der Waals surface area contributed by atoms with Gasteiger partial charge in [-0.1, -0.05) is 0 Å². The van der Waals surface area contributed by atoms with E-state index in [9.17, 15) is 8.78 Å². The Hall–Kier alpha value is -0.220. The summed E-state index contributed by atoms with van der Waals surface area (Å²) in [4.78, 5) is 1.62. The first-order valence-electron chi connectivity index (χ1n) is 3.65. The molecule has 0 unspecified atom stereocenters. The number of alkyl halides is 2. The normalized spacial score (nSPS) is 32.2. The Morgan fingerprint density at radius 2 is 2.18 bits per heavy atom. The van der Waals surface area contributed by atoms with E-state index in [4.69, 9.17) is 0 Å². The van der Waals surface area contributed by atoms with E-state index in [1.807, 2.05) is 0 Å². The zero-order valence-corrected chi connectivity index (χ0v) is 6.81. The number of hydrogen-bond donors (Lipinski definition) is 0. The third-order valence-corrected chi connectivity index (χ3v) is 2.01. The Labute approximate surface area is 65.1 Å². The molecule has 11 heavy (non-hydrogen) atoms. The topological polar surface area (TPSA) is 12.5 Å². The summed E-state index contributed by atoms with van der Waals surface area (Å²) >= 11 is 0. The van der Waals surface area contributed by atoms with Gasteiger partial charge in [-0.05, 0) is 13.5 Å². The van der Waals surface area contributed by atoms with Gasteiger partial charge in [-0.3, -0.25) is 0 Å². The number of hydrogen-bond acceptors (Lipinski definition) is 2. The van der Waals surface area contributed by atoms with Crippen molar-refractivity contribution in [2.24, 2.45) is 0 Å². The third-order valence-electron chi connectivity index (χ3n) is 2.01. The maximum atomic E-state index is 13.0. The molecule has 0 aromatic rings. The number of rotatable bonds is 1. The summed E-state index contributed by atoms with van der Waals surface area (Å²) < 4.78 is 30.6. The van der Waals surface area contributed by atoms with Crippen LogP contribution in [0.15, 0.2) is 0 Å². The molecular weight excluding hydrogens is 152 g/mol. The molecule has 1 fully saturated rings. The van der Waals surface area contributed by atoms with Crippen molar-refractivity contribution in [3.05, 3.63) is 0 Å². The van der Waals surface area contributed by atoms with Gasteiger partial charge in [0.05, 0.1) is 6.54 Å². The lowest BCUT2D eigenvalue weighted by Gasteiger charge is -2.35. The minimum Gasteiger partial charge on any atom is -0.375 e. The molecule has 0 spiro atoms. The van der Waals surface area contributed by atoms with Gasteiger partial charge in [0.2, 0.25) is 0 Å². The van der Waals surface area contributed by atoms with Crippen molar-refractivity contribution in [1.82, 2.24) is 4.90 Å². The molecule has 0 aliphatic carbocycles. The number of nitrogens with zero attached hydrogens (tertiary/aromatic N) is 1. The van der Waals surface area contributed by atoms with Gasteiger partial charge >= 0.3 is 0 Å². The van der Waals surface area contributed by atoms with Crippen LogP contribution in [0.25, 0.3) is 0 Å². The van der Waals surface area contributed by atoms with E-state index in [1.54, 1.807) is 11.9 Å². The van der Waals surface area contributed by atoms with Crippen LogP contribution >= 0.6 is 0 Å². The van der Waals surface area contributed by atoms with Crippen molar-refractivity contribution in [1.29, 1.82) is 0 Å². The number of ether oxygens (including phenoxy) is 1. The van der Waals surface area contributed by atoms with E-state index < -0.39 is 12.0 Å². The van der Waals surface area contributed by atoms with Gasteiger partial charge in [0.25, 0.3) is 5.92 Å². The number of piperidine rings is 1. The lowest BCUT2D eigenvalue weighted by atomic mass is 10.0. The second-order valence-corrected chi connectivity index (χ2v) is 3.01. The van der Waals surface area contributed by atoms with Crippen molar-refractivity contribution in [2.75, 3.05) is 27.2 Å². The van der Waals surface area contributed by atoms with Gasteiger partial charge in [-0.15, -0.1) is 0 Å². The Morgan fingerprint density at radius 3 is 2.64 bits per heavy atom. The van der Waals surface area contributed by atoms with Crippen LogP contribution in [0.4, 0.5) is 8.78 Å². The Bertz CT molecular complexity index is 140. The molecule has 0 aromatic heterocycles. The predicted molar refractivity (Wildman–Crippen MR) is 37.9 cm³/mol. The zero-order valence-electron chi connectivity index (χ0n) is 6.81. The Morgan fingerprint density at radius 1 is 1.55 bits per heavy atom. The SMILES string of the molecule is CO[C@H]1CCN(C)CC1(F)F. The van der Waals surface area contributed by atoms with Crippen molar-refractivity contribution in [2.45, 2.75) is 18.4 Å². The molecule has 1 aliphatic heterocycles. The molecule has 0 radical (unpaired) electrons. The summed E-state index contributed by atoms with van der Waals surface area (Å²) in [6.45, 7) is 0.500. The van der Waals surface area contributed by atoms with Crippen LogP contribution in [0.5, 0.6) is 0 Å². The van der Waals surface area contributed by atoms with Crippen molar-refractivity contribution in [3.63, 3.8) is 0 Å². The molecule has 0 saturated carbocycles. The molecule has 1 saturated heterocycles. The monoisotopic (exact) mass is 165 g/mol. The largest absolute Gasteiger partial charge is 0.375 e. The number of halogens is 2. The molecule has 1 aliphatic rings. The smallest absolute Gasteiger partial charge is 0.286 e. The average Bonchev–Trinajstić information content (AvgIpc) is 1.85. The molecule has 1 rings (SSSR count). The van der Waals surface area contributed by atoms with E-state index in [0.717, 1.165) is 0 Å². The quantitative estimate of drug-likeness (QED) is 0.574. The molecule has 66 valence electrons. The highest BCUT2D eigenvalue weighted by molar-refractivity contribution is 4.85. The average molecular weight is 165 g/mol. The van der Waals surface area contributed by atoms with Crippen LogP contribution in [0.1, 0.15) is 6.42 Å². The zero-order chi connectivity index (χ0) is 8.48. The second kappa shape index (κ2) is 3.03. The van der Waals surface area contributed by atoms with Gasteiger partial charge in [0.1, 0.15) is 6.10 Å². The highest BCUT2D eigenvalue weighted by Crippen LogP contribution is 2.28. The lowest BCUT2D eigenvalue weighted by Crippen LogP contribution is -2.50. The van der Waals surface area contributed by atoms with Gasteiger partial charge < -0.3 is 9.64 Å². The third kappa shape index (κ3) is 1.87. The molecule has 4 heteroatoms. The maximum Gasteiger partial charge on any atom is 0.286 e. The first-order chi connectivity index (χ1) is 5.06. The van der Waals surface area contributed by atoms with E-state index in [2.05, 4.69) is 4.74 Å². The first kappa shape index (κ1) is 8.87. The van der Waals surface area contributed by atoms with Crippen LogP contribution in [-0.4, -0.2) is 44.2 Å². The van der Waals surface area contributed by atoms with Crippen molar-refractivity contribution in [3.8, 4) is 0 Å². The molecule has 2 nitrogen and oxygen atoms in total. The van der Waals surface area contributed by atoms with Gasteiger partial charge in [-0.2, -0.15) is 0 Å². The van der Waals surface area contributed by atoms with E-state index in [1.165, 1.54) is 7.11 Å². The van der Waals surface area contributed by atoms with Crippen LogP contribution in [0, 0.1) is 0 Å². The summed E-state index contributed by atoms with van der Waals surface area (Å²) in [6, 6.07) is 0. The van der Waals surface area contributed by atoms with E-state index in [0.29, 0.717) is 13.0 Å². The molecule has 1 atom stereocenters. The fraction of sp³-hybridized carbons (Fsp3) is 1.00. The van der Waals surface area contributed by atoms with Crippen LogP contribution in [0.2, 0.25) is 0 Å². The lowest BCUT2D eigenvalue weighted by molar-refractivity contribution is -0.158. The van der Waals surface area contributed by atoms with Crippen LogP contribution in [-0.2, 0) is 4.74 Å². The molecule has 0 amide bonds. The minimum absolute atomic E-state index is 0.189. The van der Waals surface area contributed by atoms with Crippen LogP contribution in [0.3, 0.4) is 0 Å². The summed E-state index contributed by atoms with van der Waals surface area (Å²) in [5.74, 6) is -2.68. The second-order valence-electron chi connectivity index (χ2n) is 3.01. The summed E-state index contributed by atoms with van der Waals surface area (Å²) in [5, 5.41) is 0. The molecule has 0 bridgehead atoms. The van der Waals surface area contributed by atoms with Crippen molar-refractivity contribution >= 4 is 0 Å². The Balaban J connectivity index is 2.56. The molecule has 0 N–H and O–H groups in total. The standard InChI is InChI=1S/C7H13F2NO/c1-10-4-3-6(11-2)7(8,9)5-10/h6H,3-5H2,1-2H3/t6-/m0/s1. The first-order valence-corrected chi connectivity index (χ1v) is 3.65. The Kier molecular flexibility index (Phi) is 2.44. The minimum atomic E-state index is -2.68. The van der Waals surface area contributed by atoms with Gasteiger partial charge in [-0.25, -0.2) is 8.78 Å². The maximum absolute atomic E-state index is 13.0. The van der Waals surface area contributed by atoms with Crippen LogP contribution < -0.4 is 0 Å². The summed E-state index contributed by atoms with van der Waals surface area (Å²) in [7, 11) is 3.03. The van der Waals surface area contributed by atoms with E-state index in [-0.39, 0.29) is 6.54 Å². The van der Waals surface area contributed by atoms with E-state index >= 15 is 0 Å². The van der Waals surface area contributed by atoms with Crippen molar-refractivity contribution < 1.29 is 13.5 Å². The fourth-order valence-corrected chi connectivity index (χ4v) is 1.38. The highest BCUT2D eigenvalue weighted by atomic mass is 19.3. The highest BCUT2D eigenvalue weighted by Gasteiger charge is 2.43.